The average Bonchev–Trinajstić information content (AvgIpc) is 3.69. The van der Waals surface area contributed by atoms with Crippen molar-refractivity contribution in [1.29, 1.82) is 0 Å². The number of benzene rings is 2. The Bertz CT molecular complexity index is 1750. The number of fused-ring (bicyclic) bond motifs is 5. The Balaban J connectivity index is 0.000000150. The molecule has 0 amide bonds. The van der Waals surface area contributed by atoms with Crippen LogP contribution in [0.2, 0.25) is 0 Å². The van der Waals surface area contributed by atoms with Crippen LogP contribution in [0.15, 0.2) is 47.6 Å². The van der Waals surface area contributed by atoms with Crippen LogP contribution >= 0.6 is 0 Å². The minimum absolute atomic E-state index is 0. The van der Waals surface area contributed by atoms with Crippen molar-refractivity contribution < 1.29 is 49.0 Å². The SMILES string of the molecule is CC1=[C-]C(C)(C)c2cc3c(cc21)-c1cc2c(cc1C3)C(C)(C)C=C2C.CC1=[C-]C(C)C=C1CC12CC3CC(CC(C3)C1)C2.[Cl-].[Cl-].[Zr+2]=[C]1CCCCC1. The molecule has 9 aliphatic carbocycles. The van der Waals surface area contributed by atoms with Crippen LogP contribution in [-0.4, -0.2) is 3.21 Å². The van der Waals surface area contributed by atoms with Crippen molar-refractivity contribution in [2.24, 2.45) is 29.1 Å². The normalized spacial score (nSPS) is 30.1. The maximum atomic E-state index is 3.65. The fourth-order valence-corrected chi connectivity index (χ4v) is 13.1. The zero-order chi connectivity index (χ0) is 35.2. The third-order valence-corrected chi connectivity index (χ3v) is 15.2. The van der Waals surface area contributed by atoms with Gasteiger partial charge in [0, 0.05) is 5.41 Å². The fourth-order valence-electron chi connectivity index (χ4n) is 12.3. The Morgan fingerprint density at radius 1 is 0.712 bits per heavy atom. The molecule has 9 aliphatic rings. The van der Waals surface area contributed by atoms with E-state index in [1.807, 2.05) is 0 Å². The molecule has 52 heavy (non-hydrogen) atoms. The molecule has 2 aromatic rings. The number of allylic oxidation sites excluding steroid dienone is 8. The van der Waals surface area contributed by atoms with E-state index < -0.39 is 0 Å². The molecular formula is C49H60Cl2Zr-2. The molecule has 0 nitrogen and oxygen atoms in total. The van der Waals surface area contributed by atoms with E-state index in [0.29, 0.717) is 11.3 Å². The van der Waals surface area contributed by atoms with Crippen LogP contribution in [0.5, 0.6) is 0 Å². The van der Waals surface area contributed by atoms with Gasteiger partial charge in [0.25, 0.3) is 0 Å². The molecule has 4 bridgehead atoms. The van der Waals surface area contributed by atoms with E-state index >= 15 is 0 Å². The molecule has 0 N–H and O–H groups in total. The van der Waals surface area contributed by atoms with E-state index in [0.717, 1.165) is 24.2 Å². The van der Waals surface area contributed by atoms with Crippen molar-refractivity contribution in [2.75, 3.05) is 0 Å². The van der Waals surface area contributed by atoms with Crippen molar-refractivity contribution in [1.82, 2.24) is 0 Å². The molecule has 3 heteroatoms. The number of halogens is 2. The molecule has 1 atom stereocenters. The van der Waals surface area contributed by atoms with Gasteiger partial charge >= 0.3 is 59.5 Å². The zero-order valence-electron chi connectivity index (χ0n) is 33.2. The minimum atomic E-state index is 0. The van der Waals surface area contributed by atoms with Crippen LogP contribution in [0.4, 0.5) is 0 Å². The Morgan fingerprint density at radius 3 is 1.79 bits per heavy atom. The Labute approximate surface area is 344 Å². The van der Waals surface area contributed by atoms with Crippen LogP contribution < -0.4 is 24.8 Å². The summed E-state index contributed by atoms with van der Waals surface area (Å²) in [6.07, 6.45) is 31.2. The van der Waals surface area contributed by atoms with Gasteiger partial charge in [0.1, 0.15) is 0 Å². The van der Waals surface area contributed by atoms with Gasteiger partial charge < -0.3 is 24.8 Å². The van der Waals surface area contributed by atoms with Crippen LogP contribution in [0.25, 0.3) is 22.3 Å². The Morgan fingerprint density at radius 2 is 1.27 bits per heavy atom. The summed E-state index contributed by atoms with van der Waals surface area (Å²) in [4.78, 5) is 0. The van der Waals surface area contributed by atoms with Crippen molar-refractivity contribution in [3.8, 4) is 11.1 Å². The van der Waals surface area contributed by atoms with Gasteiger partial charge in [-0.3, -0.25) is 12.2 Å². The van der Waals surface area contributed by atoms with Gasteiger partial charge in [0.05, 0.1) is 0 Å². The van der Waals surface area contributed by atoms with Crippen molar-refractivity contribution in [3.63, 3.8) is 0 Å². The van der Waals surface area contributed by atoms with E-state index in [4.69, 9.17) is 0 Å². The Hall–Kier alpha value is -1.27. The summed E-state index contributed by atoms with van der Waals surface area (Å²) in [5, 5.41) is 0. The van der Waals surface area contributed by atoms with Crippen molar-refractivity contribution >= 4 is 14.4 Å². The van der Waals surface area contributed by atoms with Gasteiger partial charge in [0.2, 0.25) is 0 Å². The van der Waals surface area contributed by atoms with Crippen LogP contribution in [0, 0.1) is 41.2 Å². The molecule has 5 fully saturated rings. The zero-order valence-corrected chi connectivity index (χ0v) is 37.2. The van der Waals surface area contributed by atoms with Crippen LogP contribution in [0.3, 0.4) is 0 Å². The maximum absolute atomic E-state index is 3.65. The van der Waals surface area contributed by atoms with E-state index in [9.17, 15) is 0 Å². The van der Waals surface area contributed by atoms with Gasteiger partial charge in [-0.15, -0.1) is 11.6 Å². The quantitative estimate of drug-likeness (QED) is 0.244. The van der Waals surface area contributed by atoms with Gasteiger partial charge in [-0.1, -0.05) is 84.4 Å². The third-order valence-electron chi connectivity index (χ3n) is 14.0. The van der Waals surface area contributed by atoms with E-state index in [-0.39, 0.29) is 35.6 Å². The summed E-state index contributed by atoms with van der Waals surface area (Å²) in [6.45, 7) is 18.2. The summed E-state index contributed by atoms with van der Waals surface area (Å²) in [6, 6.07) is 9.81. The second-order valence-electron chi connectivity index (χ2n) is 19.2. The number of rotatable bonds is 2. The monoisotopic (exact) mass is 808 g/mol. The number of hydrogen-bond acceptors (Lipinski definition) is 0. The third kappa shape index (κ3) is 7.62. The van der Waals surface area contributed by atoms with Crippen molar-refractivity contribution in [2.45, 2.75) is 150 Å². The topological polar surface area (TPSA) is 0 Å². The van der Waals surface area contributed by atoms with Gasteiger partial charge in [-0.2, -0.15) is 17.2 Å². The first-order valence-electron chi connectivity index (χ1n) is 20.2. The Kier molecular flexibility index (Phi) is 11.7. The second-order valence-corrected chi connectivity index (χ2v) is 21.0. The molecule has 0 radical (unpaired) electrons. The molecule has 11 rings (SSSR count). The predicted octanol–water partition coefficient (Wildman–Crippen LogP) is 7.05. The molecule has 0 heterocycles. The molecule has 0 aromatic heterocycles. The fraction of sp³-hybridized carbons (Fsp3) is 0.571. The second kappa shape index (κ2) is 15.0. The molecule has 0 aliphatic heterocycles. The average molecular weight is 811 g/mol. The molecule has 2 aromatic carbocycles. The first-order valence-corrected chi connectivity index (χ1v) is 21.5. The van der Waals surface area contributed by atoms with Gasteiger partial charge in [-0.25, -0.2) is 11.1 Å². The molecule has 276 valence electrons. The standard InChI is InChI=1S/C25H25.C18H25.C6H10.2ClH.Zr/c1-14-12-24(3,4)22-8-16-7-17-9-23-19(15(2)13-25(23,5)6)11-21(17)20(16)10-18(14)22;1-12-3-13(2)17(4-12)11-18-8-14-5-15(9-18)7-16(6-14)10-18;1-2-4-6-5-3-1;;;/h8-12H,7H2,1-6H3;4,12,14-16H,5-11H2,1-2H3;1-5H2;2*1H;/q2*-1;;;;+2/p-2. The first-order chi connectivity index (χ1) is 23.7. The summed E-state index contributed by atoms with van der Waals surface area (Å²) in [7, 11) is 0. The number of hydrogen-bond donors (Lipinski definition) is 0. The van der Waals surface area contributed by atoms with E-state index in [1.165, 1.54) is 99.8 Å². The molecule has 0 spiro atoms. The van der Waals surface area contributed by atoms with E-state index in [1.54, 1.807) is 71.5 Å². The van der Waals surface area contributed by atoms with Crippen molar-refractivity contribution in [3.05, 3.63) is 93.1 Å². The molecular weight excluding hydrogens is 751 g/mol. The van der Waals surface area contributed by atoms with Crippen LogP contribution in [-0.2, 0) is 41.5 Å². The first kappa shape index (κ1) is 40.4. The predicted molar refractivity (Wildman–Crippen MR) is 210 cm³/mol. The van der Waals surface area contributed by atoms with E-state index in [2.05, 4.69) is 104 Å². The summed E-state index contributed by atoms with van der Waals surface area (Å²) >= 11 is 1.69. The summed E-state index contributed by atoms with van der Waals surface area (Å²) in [5.41, 5.74) is 18.3. The van der Waals surface area contributed by atoms with Gasteiger partial charge in [-0.05, 0) is 120 Å². The molecule has 1 unspecified atom stereocenters. The van der Waals surface area contributed by atoms with Gasteiger partial charge in [0.15, 0.2) is 0 Å². The van der Waals surface area contributed by atoms with Crippen LogP contribution in [0.1, 0.15) is 166 Å². The summed E-state index contributed by atoms with van der Waals surface area (Å²) in [5.74, 6) is 3.82. The summed E-state index contributed by atoms with van der Waals surface area (Å²) < 4.78 is 1.80. The molecule has 5 saturated carbocycles. The molecule has 0 saturated heterocycles.